The van der Waals surface area contributed by atoms with Crippen LogP contribution in [0.25, 0.3) is 5.69 Å². The maximum atomic E-state index is 12.9. The molecule has 3 rings (SSSR count). The molecule has 0 unspecified atom stereocenters. The van der Waals surface area contributed by atoms with Gasteiger partial charge in [0.25, 0.3) is 5.91 Å². The number of hydrogen-bond acceptors (Lipinski definition) is 5. The number of amides is 1. The zero-order valence-electron chi connectivity index (χ0n) is 12.1. The Kier molecular flexibility index (Phi) is 3.96. The lowest BCUT2D eigenvalue weighted by Gasteiger charge is -2.10. The predicted molar refractivity (Wildman–Crippen MR) is 80.1 cm³/mol. The average Bonchev–Trinajstić information content (AvgIpc) is 3.09. The number of rotatable bonds is 4. The van der Waals surface area contributed by atoms with Gasteiger partial charge in [-0.3, -0.25) is 4.79 Å². The molecule has 1 aromatic heterocycles. The van der Waals surface area contributed by atoms with Crippen molar-refractivity contribution >= 4 is 11.6 Å². The summed E-state index contributed by atoms with van der Waals surface area (Å²) in [5.41, 5.74) is 1.48. The maximum Gasteiger partial charge on any atom is 0.255 e. The third-order valence-corrected chi connectivity index (χ3v) is 3.10. The summed E-state index contributed by atoms with van der Waals surface area (Å²) in [6.07, 6.45) is 1.43. The molecule has 8 heteroatoms. The number of methoxy groups -OCH3 is 1. The largest absolute Gasteiger partial charge is 0.497 e. The van der Waals surface area contributed by atoms with E-state index in [4.69, 9.17) is 4.74 Å². The van der Waals surface area contributed by atoms with Gasteiger partial charge >= 0.3 is 0 Å². The van der Waals surface area contributed by atoms with E-state index in [-0.39, 0.29) is 5.91 Å². The molecule has 0 bridgehead atoms. The van der Waals surface area contributed by atoms with Crippen LogP contribution in [0.5, 0.6) is 5.75 Å². The van der Waals surface area contributed by atoms with Gasteiger partial charge in [-0.1, -0.05) is 0 Å². The second-order valence-corrected chi connectivity index (χ2v) is 4.64. The first-order valence-corrected chi connectivity index (χ1v) is 6.65. The van der Waals surface area contributed by atoms with E-state index in [1.807, 2.05) is 0 Å². The molecule has 3 aromatic rings. The van der Waals surface area contributed by atoms with Gasteiger partial charge in [-0.25, -0.2) is 9.07 Å². The number of aromatic nitrogens is 4. The van der Waals surface area contributed by atoms with E-state index in [1.165, 1.54) is 42.4 Å². The van der Waals surface area contributed by atoms with E-state index in [2.05, 4.69) is 20.8 Å². The molecule has 1 heterocycles. The Morgan fingerprint density at radius 1 is 1.22 bits per heavy atom. The van der Waals surface area contributed by atoms with E-state index < -0.39 is 5.82 Å². The SMILES string of the molecule is COc1cc(NC(=O)c2ccc(F)cc2)cc(-n2cnnn2)c1. The van der Waals surface area contributed by atoms with Crippen LogP contribution in [0, 0.1) is 5.82 Å². The van der Waals surface area contributed by atoms with Gasteiger partial charge in [0.05, 0.1) is 12.8 Å². The Bertz CT molecular complexity index is 818. The van der Waals surface area contributed by atoms with Gasteiger partial charge < -0.3 is 10.1 Å². The summed E-state index contributed by atoms with van der Waals surface area (Å²) in [5.74, 6) is -0.225. The third kappa shape index (κ3) is 3.31. The highest BCUT2D eigenvalue weighted by atomic mass is 19.1. The van der Waals surface area contributed by atoms with Crippen LogP contribution in [0.3, 0.4) is 0 Å². The van der Waals surface area contributed by atoms with Gasteiger partial charge in [-0.05, 0) is 40.8 Å². The van der Waals surface area contributed by atoms with Crippen molar-refractivity contribution in [1.82, 2.24) is 20.2 Å². The fourth-order valence-corrected chi connectivity index (χ4v) is 1.99. The van der Waals surface area contributed by atoms with E-state index >= 15 is 0 Å². The van der Waals surface area contributed by atoms with Crippen LogP contribution in [0.1, 0.15) is 10.4 Å². The normalized spacial score (nSPS) is 10.3. The van der Waals surface area contributed by atoms with Crippen LogP contribution in [0.2, 0.25) is 0 Å². The van der Waals surface area contributed by atoms with Crippen LogP contribution >= 0.6 is 0 Å². The Morgan fingerprint density at radius 3 is 2.65 bits per heavy atom. The Hall–Kier alpha value is -3.29. The molecular formula is C15H12FN5O2. The first kappa shape index (κ1) is 14.6. The monoisotopic (exact) mass is 313 g/mol. The summed E-state index contributed by atoms with van der Waals surface area (Å²) in [4.78, 5) is 12.2. The van der Waals surface area contributed by atoms with Crippen LogP contribution in [-0.4, -0.2) is 33.2 Å². The van der Waals surface area contributed by atoms with E-state index in [9.17, 15) is 9.18 Å². The standard InChI is InChI=1S/C15H12FN5O2/c1-23-14-7-12(6-13(8-14)21-9-17-19-20-21)18-15(22)10-2-4-11(16)5-3-10/h2-9H,1H3,(H,18,22). The van der Waals surface area contributed by atoms with Gasteiger partial charge in [0.15, 0.2) is 0 Å². The van der Waals surface area contributed by atoms with E-state index in [0.29, 0.717) is 22.7 Å². The molecule has 0 saturated carbocycles. The molecule has 1 amide bonds. The molecule has 0 fully saturated rings. The van der Waals surface area contributed by atoms with Crippen LogP contribution in [-0.2, 0) is 0 Å². The topological polar surface area (TPSA) is 81.9 Å². The van der Waals surface area contributed by atoms with Crippen molar-refractivity contribution < 1.29 is 13.9 Å². The van der Waals surface area contributed by atoms with Crippen LogP contribution in [0.4, 0.5) is 10.1 Å². The van der Waals surface area contributed by atoms with Crippen LogP contribution < -0.4 is 10.1 Å². The van der Waals surface area contributed by atoms with Gasteiger partial charge in [-0.15, -0.1) is 5.10 Å². The number of halogens is 1. The fraction of sp³-hybridized carbons (Fsp3) is 0.0667. The molecule has 116 valence electrons. The van der Waals surface area contributed by atoms with Gasteiger partial charge in [-0.2, -0.15) is 0 Å². The molecule has 1 N–H and O–H groups in total. The number of hydrogen-bond donors (Lipinski definition) is 1. The van der Waals surface area contributed by atoms with Gasteiger partial charge in [0.1, 0.15) is 17.9 Å². The number of ether oxygens (including phenoxy) is 1. The van der Waals surface area contributed by atoms with Crippen molar-refractivity contribution in [2.75, 3.05) is 12.4 Å². The number of anilines is 1. The number of carbonyl (C=O) groups is 1. The average molecular weight is 313 g/mol. The smallest absolute Gasteiger partial charge is 0.255 e. The minimum absolute atomic E-state index is 0.346. The lowest BCUT2D eigenvalue weighted by Crippen LogP contribution is -2.12. The van der Waals surface area contributed by atoms with Gasteiger partial charge in [0, 0.05) is 23.4 Å². The molecule has 2 aromatic carbocycles. The predicted octanol–water partition coefficient (Wildman–Crippen LogP) is 2.06. The van der Waals surface area contributed by atoms with Crippen LogP contribution in [0.15, 0.2) is 48.8 Å². The number of tetrazole rings is 1. The van der Waals surface area contributed by atoms with Crippen molar-refractivity contribution in [3.05, 3.63) is 60.2 Å². The molecule has 7 nitrogen and oxygen atoms in total. The number of nitrogens with one attached hydrogen (secondary N) is 1. The fourth-order valence-electron chi connectivity index (χ4n) is 1.99. The highest BCUT2D eigenvalue weighted by Crippen LogP contribution is 2.23. The molecule has 0 aliphatic carbocycles. The summed E-state index contributed by atoms with van der Waals surface area (Å²) in [5, 5.41) is 13.7. The number of benzene rings is 2. The van der Waals surface area contributed by atoms with Crippen molar-refractivity contribution in [2.45, 2.75) is 0 Å². The van der Waals surface area contributed by atoms with Crippen molar-refractivity contribution in [3.63, 3.8) is 0 Å². The zero-order chi connectivity index (χ0) is 16.2. The molecule has 0 saturated heterocycles. The first-order valence-electron chi connectivity index (χ1n) is 6.65. The molecule has 23 heavy (non-hydrogen) atoms. The molecule has 0 spiro atoms. The second-order valence-electron chi connectivity index (χ2n) is 4.64. The minimum atomic E-state index is -0.399. The highest BCUT2D eigenvalue weighted by Gasteiger charge is 2.09. The molecule has 0 atom stereocenters. The maximum absolute atomic E-state index is 12.9. The summed E-state index contributed by atoms with van der Waals surface area (Å²) in [6, 6.07) is 10.4. The first-order chi connectivity index (χ1) is 11.2. The second kappa shape index (κ2) is 6.22. The Balaban J connectivity index is 1.88. The summed E-state index contributed by atoms with van der Waals surface area (Å²) < 4.78 is 19.6. The quantitative estimate of drug-likeness (QED) is 0.797. The molecule has 0 aliphatic rings. The lowest BCUT2D eigenvalue weighted by atomic mass is 10.2. The lowest BCUT2D eigenvalue weighted by molar-refractivity contribution is 0.102. The Labute approximate surface area is 130 Å². The minimum Gasteiger partial charge on any atom is -0.497 e. The number of carbonyl (C=O) groups excluding carboxylic acids is 1. The molecule has 0 radical (unpaired) electrons. The third-order valence-electron chi connectivity index (χ3n) is 3.10. The molecule has 0 aliphatic heterocycles. The molecular weight excluding hydrogens is 301 g/mol. The Morgan fingerprint density at radius 2 is 2.00 bits per heavy atom. The van der Waals surface area contributed by atoms with E-state index in [0.717, 1.165) is 0 Å². The van der Waals surface area contributed by atoms with E-state index in [1.54, 1.807) is 18.2 Å². The summed E-state index contributed by atoms with van der Waals surface area (Å²) in [6.45, 7) is 0. The zero-order valence-corrected chi connectivity index (χ0v) is 12.1. The van der Waals surface area contributed by atoms with Gasteiger partial charge in [0.2, 0.25) is 0 Å². The van der Waals surface area contributed by atoms with Crippen molar-refractivity contribution in [2.24, 2.45) is 0 Å². The van der Waals surface area contributed by atoms with Crippen molar-refractivity contribution in [1.29, 1.82) is 0 Å². The summed E-state index contributed by atoms with van der Waals surface area (Å²) >= 11 is 0. The van der Waals surface area contributed by atoms with Crippen molar-refractivity contribution in [3.8, 4) is 11.4 Å². The highest BCUT2D eigenvalue weighted by molar-refractivity contribution is 6.04. The summed E-state index contributed by atoms with van der Waals surface area (Å²) in [7, 11) is 1.52. The number of nitrogens with zero attached hydrogens (tertiary/aromatic N) is 4.